The van der Waals surface area contributed by atoms with Crippen LogP contribution in [0.25, 0.3) is 0 Å². The van der Waals surface area contributed by atoms with Crippen LogP contribution in [0, 0.1) is 0 Å². The fraction of sp³-hybridized carbons (Fsp3) is 0.200. The van der Waals surface area contributed by atoms with Crippen LogP contribution in [0.2, 0.25) is 0 Å². The summed E-state index contributed by atoms with van der Waals surface area (Å²) in [7, 11) is -1.95. The van der Waals surface area contributed by atoms with Gasteiger partial charge in [0.2, 0.25) is 10.0 Å². The predicted octanol–water partition coefficient (Wildman–Crippen LogP) is 4.01. The zero-order chi connectivity index (χ0) is 15.5. The van der Waals surface area contributed by atoms with Gasteiger partial charge < -0.3 is 0 Å². The first-order chi connectivity index (χ1) is 9.93. The van der Waals surface area contributed by atoms with Gasteiger partial charge >= 0.3 is 0 Å². The Hall–Kier alpha value is -0.880. The van der Waals surface area contributed by atoms with Crippen molar-refractivity contribution in [1.82, 2.24) is 4.31 Å². The van der Waals surface area contributed by atoms with Gasteiger partial charge in [0.1, 0.15) is 0 Å². The minimum absolute atomic E-state index is 0.262. The first kappa shape index (κ1) is 16.5. The Kier molecular flexibility index (Phi) is 5.43. The third-order valence-electron chi connectivity index (χ3n) is 3.06. The number of benzene rings is 2. The maximum Gasteiger partial charge on any atom is 0.243 e. The monoisotopic (exact) mass is 387 g/mol. The molecule has 2 aromatic rings. The van der Waals surface area contributed by atoms with E-state index in [4.69, 9.17) is 11.6 Å². The predicted molar refractivity (Wildman–Crippen MR) is 88.8 cm³/mol. The zero-order valence-corrected chi connectivity index (χ0v) is 14.6. The molecule has 0 saturated carbocycles. The van der Waals surface area contributed by atoms with Gasteiger partial charge in [-0.3, -0.25) is 0 Å². The lowest BCUT2D eigenvalue weighted by atomic mass is 10.2. The summed E-state index contributed by atoms with van der Waals surface area (Å²) in [5.41, 5.74) is 1.71. The summed E-state index contributed by atoms with van der Waals surface area (Å²) in [5.74, 6) is 0.290. The third kappa shape index (κ3) is 4.07. The molecule has 2 rings (SSSR count). The molecule has 0 amide bonds. The van der Waals surface area contributed by atoms with Crippen LogP contribution in [0.5, 0.6) is 0 Å². The molecule has 6 heteroatoms. The molecule has 0 aliphatic rings. The average molecular weight is 389 g/mol. The van der Waals surface area contributed by atoms with Crippen molar-refractivity contribution in [3.63, 3.8) is 0 Å². The van der Waals surface area contributed by atoms with E-state index in [0.717, 1.165) is 15.6 Å². The largest absolute Gasteiger partial charge is 0.243 e. The Bertz CT molecular complexity index is 734. The molecule has 112 valence electrons. The number of sulfonamides is 1. The zero-order valence-electron chi connectivity index (χ0n) is 11.5. The summed E-state index contributed by atoms with van der Waals surface area (Å²) in [4.78, 5) is 0.262. The van der Waals surface area contributed by atoms with Crippen molar-refractivity contribution in [2.45, 2.75) is 17.3 Å². The van der Waals surface area contributed by atoms with Crippen molar-refractivity contribution in [1.29, 1.82) is 0 Å². The van der Waals surface area contributed by atoms with Gasteiger partial charge in [0.15, 0.2) is 0 Å². The molecule has 0 N–H and O–H groups in total. The van der Waals surface area contributed by atoms with Gasteiger partial charge in [-0.1, -0.05) is 40.2 Å². The van der Waals surface area contributed by atoms with Gasteiger partial charge in [-0.15, -0.1) is 11.6 Å². The Balaban J connectivity index is 2.26. The van der Waals surface area contributed by atoms with Crippen molar-refractivity contribution < 1.29 is 8.42 Å². The van der Waals surface area contributed by atoms with E-state index in [9.17, 15) is 8.42 Å². The Morgan fingerprint density at radius 1 is 1.10 bits per heavy atom. The molecular weight excluding hydrogens is 374 g/mol. The highest BCUT2D eigenvalue weighted by molar-refractivity contribution is 9.10. The summed E-state index contributed by atoms with van der Waals surface area (Å²) in [6.45, 7) is 0.312. The van der Waals surface area contributed by atoms with E-state index in [2.05, 4.69) is 15.9 Å². The SMILES string of the molecule is CN(Cc1cccc(Br)c1)S(=O)(=O)c1cccc(CCl)c1. The highest BCUT2D eigenvalue weighted by atomic mass is 79.9. The molecule has 0 aromatic heterocycles. The summed E-state index contributed by atoms with van der Waals surface area (Å²) >= 11 is 9.15. The molecule has 0 heterocycles. The number of hydrogen-bond donors (Lipinski definition) is 0. The molecule has 0 bridgehead atoms. The molecule has 0 aliphatic heterocycles. The van der Waals surface area contributed by atoms with Crippen LogP contribution in [0.15, 0.2) is 57.9 Å². The van der Waals surface area contributed by atoms with Crippen LogP contribution in [0.1, 0.15) is 11.1 Å². The normalized spacial score (nSPS) is 11.8. The van der Waals surface area contributed by atoms with Crippen LogP contribution >= 0.6 is 27.5 Å². The highest BCUT2D eigenvalue weighted by Crippen LogP contribution is 2.20. The van der Waals surface area contributed by atoms with Gasteiger partial charge in [-0.2, -0.15) is 4.31 Å². The van der Waals surface area contributed by atoms with Crippen molar-refractivity contribution >= 4 is 37.6 Å². The highest BCUT2D eigenvalue weighted by Gasteiger charge is 2.21. The molecule has 0 atom stereocenters. The second-order valence-electron chi connectivity index (χ2n) is 4.67. The maximum atomic E-state index is 12.6. The van der Waals surface area contributed by atoms with Crippen molar-refractivity contribution in [3.8, 4) is 0 Å². The number of nitrogens with zero attached hydrogens (tertiary/aromatic N) is 1. The first-order valence-electron chi connectivity index (χ1n) is 6.29. The Morgan fingerprint density at radius 2 is 1.76 bits per heavy atom. The minimum Gasteiger partial charge on any atom is -0.207 e. The van der Waals surface area contributed by atoms with Crippen LogP contribution < -0.4 is 0 Å². The molecule has 0 fully saturated rings. The molecule has 0 saturated heterocycles. The Morgan fingerprint density at radius 3 is 2.43 bits per heavy atom. The quantitative estimate of drug-likeness (QED) is 0.726. The second-order valence-corrected chi connectivity index (χ2v) is 7.90. The summed E-state index contributed by atoms with van der Waals surface area (Å²) in [6.07, 6.45) is 0. The molecule has 0 radical (unpaired) electrons. The van der Waals surface area contributed by atoms with Crippen molar-refractivity contribution in [2.24, 2.45) is 0 Å². The number of alkyl halides is 1. The molecule has 0 spiro atoms. The van der Waals surface area contributed by atoms with Crippen molar-refractivity contribution in [2.75, 3.05) is 7.05 Å². The lowest BCUT2D eigenvalue weighted by Crippen LogP contribution is -2.26. The fourth-order valence-corrected chi connectivity index (χ4v) is 3.79. The van der Waals surface area contributed by atoms with Gasteiger partial charge in [-0.25, -0.2) is 8.42 Å². The fourth-order valence-electron chi connectivity index (χ4n) is 1.95. The summed E-state index contributed by atoms with van der Waals surface area (Å²) in [5, 5.41) is 0. The average Bonchev–Trinajstić information content (AvgIpc) is 2.47. The molecule has 0 unspecified atom stereocenters. The Labute approximate surface area is 138 Å². The molecule has 0 aliphatic carbocycles. The van der Waals surface area contributed by atoms with E-state index < -0.39 is 10.0 Å². The van der Waals surface area contributed by atoms with Gasteiger partial charge in [0.05, 0.1) is 4.90 Å². The van der Waals surface area contributed by atoms with Crippen LogP contribution in [0.4, 0.5) is 0 Å². The molecular formula is C15H15BrClNO2S. The van der Waals surface area contributed by atoms with Crippen LogP contribution in [-0.4, -0.2) is 19.8 Å². The molecule has 3 nitrogen and oxygen atoms in total. The smallest absolute Gasteiger partial charge is 0.207 e. The van der Waals surface area contributed by atoms with Crippen LogP contribution in [-0.2, 0) is 22.4 Å². The van der Waals surface area contributed by atoms with E-state index in [-0.39, 0.29) is 4.90 Å². The van der Waals surface area contributed by atoms with Gasteiger partial charge in [0.25, 0.3) is 0 Å². The summed E-state index contributed by atoms with van der Waals surface area (Å²) in [6, 6.07) is 14.3. The first-order valence-corrected chi connectivity index (χ1v) is 9.06. The van der Waals surface area contributed by atoms with Crippen molar-refractivity contribution in [3.05, 3.63) is 64.1 Å². The third-order valence-corrected chi connectivity index (χ3v) is 5.66. The molecule has 21 heavy (non-hydrogen) atoms. The van der Waals surface area contributed by atoms with E-state index in [0.29, 0.717) is 12.4 Å². The van der Waals surface area contributed by atoms with E-state index in [1.54, 1.807) is 31.3 Å². The van der Waals surface area contributed by atoms with E-state index in [1.807, 2.05) is 24.3 Å². The second kappa shape index (κ2) is 6.92. The minimum atomic E-state index is -3.52. The maximum absolute atomic E-state index is 12.6. The molecule has 2 aromatic carbocycles. The van der Waals surface area contributed by atoms with Crippen LogP contribution in [0.3, 0.4) is 0 Å². The van der Waals surface area contributed by atoms with E-state index >= 15 is 0 Å². The number of rotatable bonds is 5. The number of hydrogen-bond acceptors (Lipinski definition) is 2. The lowest BCUT2D eigenvalue weighted by molar-refractivity contribution is 0.466. The van der Waals surface area contributed by atoms with E-state index in [1.165, 1.54) is 4.31 Å². The topological polar surface area (TPSA) is 37.4 Å². The standard InChI is InChI=1S/C15H15BrClNO2S/c1-18(11-13-5-2-6-14(16)8-13)21(19,20)15-7-3-4-12(9-15)10-17/h2-9H,10-11H2,1H3. The van der Waals surface area contributed by atoms with Gasteiger partial charge in [0, 0.05) is 23.9 Å². The number of halogens is 2. The lowest BCUT2D eigenvalue weighted by Gasteiger charge is -2.18. The van der Waals surface area contributed by atoms with Gasteiger partial charge in [-0.05, 0) is 35.4 Å². The summed E-state index contributed by atoms with van der Waals surface area (Å²) < 4.78 is 27.4.